The summed E-state index contributed by atoms with van der Waals surface area (Å²) in [6.45, 7) is 1.14. The van der Waals surface area contributed by atoms with Gasteiger partial charge in [0, 0.05) is 32.3 Å². The van der Waals surface area contributed by atoms with Gasteiger partial charge in [-0.3, -0.25) is 14.9 Å². The summed E-state index contributed by atoms with van der Waals surface area (Å²) in [5, 5.41) is 13.7. The van der Waals surface area contributed by atoms with Crippen LogP contribution in [0, 0.1) is 10.1 Å². The van der Waals surface area contributed by atoms with Crippen LogP contribution in [-0.2, 0) is 0 Å². The summed E-state index contributed by atoms with van der Waals surface area (Å²) in [4.78, 5) is 23.9. The van der Waals surface area contributed by atoms with Gasteiger partial charge in [0.15, 0.2) is 0 Å². The van der Waals surface area contributed by atoms with Gasteiger partial charge >= 0.3 is 0 Å². The number of hydrogen-bond acceptors (Lipinski definition) is 5. The summed E-state index contributed by atoms with van der Waals surface area (Å²) in [7, 11) is 4.84. The maximum atomic E-state index is 12.2. The second kappa shape index (κ2) is 6.69. The number of nitrogens with zero attached hydrogens (tertiary/aromatic N) is 2. The smallest absolute Gasteiger partial charge is 0.270 e. The first-order chi connectivity index (χ1) is 9.01. The second-order valence-electron chi connectivity index (χ2n) is 3.97. The number of non-ortho nitro benzene ring substituents is 1. The van der Waals surface area contributed by atoms with Gasteiger partial charge in [0.2, 0.25) is 0 Å². The molecule has 0 radical (unpaired) electrons. The minimum atomic E-state index is -0.538. The number of benzene rings is 1. The zero-order valence-corrected chi connectivity index (χ0v) is 11.2. The van der Waals surface area contributed by atoms with Crippen LogP contribution in [0.2, 0.25) is 0 Å². The number of rotatable bonds is 6. The van der Waals surface area contributed by atoms with Gasteiger partial charge in [-0.1, -0.05) is 0 Å². The Morgan fingerprint density at radius 2 is 2.21 bits per heavy atom. The normalized spacial score (nSPS) is 10.1. The van der Waals surface area contributed by atoms with Crippen molar-refractivity contribution < 1.29 is 14.5 Å². The predicted octanol–water partition coefficient (Wildman–Crippen LogP) is 0.895. The van der Waals surface area contributed by atoms with Crippen LogP contribution >= 0.6 is 0 Å². The summed E-state index contributed by atoms with van der Waals surface area (Å²) in [6.07, 6.45) is 0. The molecule has 0 bridgehead atoms. The van der Waals surface area contributed by atoms with E-state index in [0.29, 0.717) is 18.8 Å². The van der Waals surface area contributed by atoms with Crippen LogP contribution in [0.15, 0.2) is 18.2 Å². The van der Waals surface area contributed by atoms with E-state index in [1.165, 1.54) is 30.2 Å². The van der Waals surface area contributed by atoms with Gasteiger partial charge < -0.3 is 15.0 Å². The predicted molar refractivity (Wildman–Crippen MR) is 70.5 cm³/mol. The molecule has 0 atom stereocenters. The van der Waals surface area contributed by atoms with E-state index in [2.05, 4.69) is 5.32 Å². The van der Waals surface area contributed by atoms with Crippen LogP contribution in [0.4, 0.5) is 5.69 Å². The number of methoxy groups -OCH3 is 1. The van der Waals surface area contributed by atoms with Crippen molar-refractivity contribution in [2.75, 3.05) is 34.3 Å². The maximum Gasteiger partial charge on any atom is 0.270 e. The largest absolute Gasteiger partial charge is 0.496 e. The van der Waals surface area contributed by atoms with Crippen molar-refractivity contribution >= 4 is 11.6 Å². The van der Waals surface area contributed by atoms with E-state index < -0.39 is 4.92 Å². The van der Waals surface area contributed by atoms with E-state index in [-0.39, 0.29) is 17.2 Å². The molecule has 19 heavy (non-hydrogen) atoms. The number of likely N-dealkylation sites (N-methyl/N-ethyl adjacent to an activating group) is 2. The molecule has 1 aromatic carbocycles. The molecule has 7 nitrogen and oxygen atoms in total. The van der Waals surface area contributed by atoms with Gasteiger partial charge in [0.05, 0.1) is 17.6 Å². The fourth-order valence-electron chi connectivity index (χ4n) is 1.56. The quantitative estimate of drug-likeness (QED) is 0.611. The molecular weight excluding hydrogens is 250 g/mol. The minimum absolute atomic E-state index is 0.133. The van der Waals surface area contributed by atoms with Gasteiger partial charge in [-0.05, 0) is 13.1 Å². The zero-order valence-electron chi connectivity index (χ0n) is 11.2. The lowest BCUT2D eigenvalue weighted by molar-refractivity contribution is -0.384. The Bertz CT molecular complexity index is 476. The van der Waals surface area contributed by atoms with Crippen molar-refractivity contribution in [3.8, 4) is 5.75 Å². The molecule has 1 amide bonds. The van der Waals surface area contributed by atoms with Gasteiger partial charge in [-0.25, -0.2) is 0 Å². The Hall–Kier alpha value is -2.15. The van der Waals surface area contributed by atoms with E-state index in [1.807, 2.05) is 0 Å². The van der Waals surface area contributed by atoms with E-state index in [1.54, 1.807) is 14.1 Å². The number of nitrogens with one attached hydrogen (secondary N) is 1. The molecule has 0 unspecified atom stereocenters. The number of ether oxygens (including phenoxy) is 1. The van der Waals surface area contributed by atoms with Crippen LogP contribution in [0.3, 0.4) is 0 Å². The molecule has 0 aromatic heterocycles. The Kier molecular flexibility index (Phi) is 5.25. The minimum Gasteiger partial charge on any atom is -0.496 e. The Labute approximate surface area is 111 Å². The van der Waals surface area contributed by atoms with Gasteiger partial charge in [-0.15, -0.1) is 0 Å². The summed E-state index contributed by atoms with van der Waals surface area (Å²) in [5.74, 6) is 0.0164. The molecule has 0 aliphatic rings. The molecule has 0 heterocycles. The van der Waals surface area contributed by atoms with E-state index in [4.69, 9.17) is 4.74 Å². The van der Waals surface area contributed by atoms with Crippen molar-refractivity contribution in [1.29, 1.82) is 0 Å². The molecule has 0 spiro atoms. The third-order valence-electron chi connectivity index (χ3n) is 2.67. The molecular formula is C12H17N3O4. The van der Waals surface area contributed by atoms with Crippen molar-refractivity contribution in [2.45, 2.75) is 0 Å². The van der Waals surface area contributed by atoms with E-state index in [9.17, 15) is 14.9 Å². The highest BCUT2D eigenvalue weighted by atomic mass is 16.6. The molecule has 0 aliphatic carbocycles. The average Bonchev–Trinajstić information content (AvgIpc) is 2.42. The highest BCUT2D eigenvalue weighted by molar-refractivity contribution is 5.97. The lowest BCUT2D eigenvalue weighted by Gasteiger charge is -2.18. The monoisotopic (exact) mass is 267 g/mol. The molecule has 104 valence electrons. The Balaban J connectivity index is 3.05. The molecule has 1 rings (SSSR count). The molecule has 0 saturated carbocycles. The summed E-state index contributed by atoms with van der Waals surface area (Å²) in [6, 6.07) is 3.97. The summed E-state index contributed by atoms with van der Waals surface area (Å²) in [5.41, 5.74) is 0.0569. The summed E-state index contributed by atoms with van der Waals surface area (Å²) >= 11 is 0. The van der Waals surface area contributed by atoms with Gasteiger partial charge in [0.1, 0.15) is 5.75 Å². The van der Waals surface area contributed by atoms with Gasteiger partial charge in [0.25, 0.3) is 11.6 Å². The SMILES string of the molecule is CNCCN(C)C(=O)c1cc([N+](=O)[O-])ccc1OC. The van der Waals surface area contributed by atoms with Gasteiger partial charge in [-0.2, -0.15) is 0 Å². The van der Waals surface area contributed by atoms with E-state index >= 15 is 0 Å². The van der Waals surface area contributed by atoms with Crippen LogP contribution in [0.5, 0.6) is 5.75 Å². The lowest BCUT2D eigenvalue weighted by atomic mass is 10.1. The number of amides is 1. The highest BCUT2D eigenvalue weighted by Gasteiger charge is 2.20. The fourth-order valence-corrected chi connectivity index (χ4v) is 1.56. The zero-order chi connectivity index (χ0) is 14.4. The van der Waals surface area contributed by atoms with Crippen molar-refractivity contribution in [1.82, 2.24) is 10.2 Å². The molecule has 7 heteroatoms. The number of hydrogen-bond donors (Lipinski definition) is 1. The van der Waals surface area contributed by atoms with Crippen LogP contribution in [0.25, 0.3) is 0 Å². The van der Waals surface area contributed by atoms with Crippen LogP contribution < -0.4 is 10.1 Å². The molecule has 0 fully saturated rings. The molecule has 0 aliphatic heterocycles. The third kappa shape index (κ3) is 3.65. The topological polar surface area (TPSA) is 84.7 Å². The number of carbonyl (C=O) groups excluding carboxylic acids is 1. The Morgan fingerprint density at radius 1 is 1.53 bits per heavy atom. The summed E-state index contributed by atoms with van der Waals surface area (Å²) < 4.78 is 5.07. The van der Waals surface area contributed by atoms with Crippen LogP contribution in [0.1, 0.15) is 10.4 Å². The Morgan fingerprint density at radius 3 is 2.74 bits per heavy atom. The van der Waals surface area contributed by atoms with Crippen LogP contribution in [-0.4, -0.2) is 50.0 Å². The first-order valence-electron chi connectivity index (χ1n) is 5.73. The maximum absolute atomic E-state index is 12.2. The average molecular weight is 267 g/mol. The van der Waals surface area contributed by atoms with Crippen molar-refractivity contribution in [3.05, 3.63) is 33.9 Å². The highest BCUT2D eigenvalue weighted by Crippen LogP contribution is 2.24. The number of nitro benzene ring substituents is 1. The standard InChI is InChI=1S/C12H17N3O4/c1-13-6-7-14(2)12(16)10-8-9(15(17)18)4-5-11(10)19-3/h4-5,8,13H,6-7H2,1-3H3. The molecule has 1 aromatic rings. The number of nitro groups is 1. The first-order valence-corrected chi connectivity index (χ1v) is 5.73. The van der Waals surface area contributed by atoms with Crippen molar-refractivity contribution in [2.24, 2.45) is 0 Å². The third-order valence-corrected chi connectivity index (χ3v) is 2.67. The number of carbonyl (C=O) groups is 1. The van der Waals surface area contributed by atoms with Crippen molar-refractivity contribution in [3.63, 3.8) is 0 Å². The first kappa shape index (κ1) is 14.9. The second-order valence-corrected chi connectivity index (χ2v) is 3.97. The lowest BCUT2D eigenvalue weighted by Crippen LogP contribution is -2.33. The fraction of sp³-hybridized carbons (Fsp3) is 0.417. The van der Waals surface area contributed by atoms with E-state index in [0.717, 1.165) is 0 Å². The molecule has 1 N–H and O–H groups in total. The molecule has 0 saturated heterocycles.